The number of aliphatic carboxylic acids is 1. The molecule has 144 valence electrons. The summed E-state index contributed by atoms with van der Waals surface area (Å²) in [5.41, 5.74) is 0.533. The number of carboxylic acids is 1. The van der Waals surface area contributed by atoms with Gasteiger partial charge in [-0.25, -0.2) is 9.59 Å². The van der Waals surface area contributed by atoms with Crippen LogP contribution in [0.4, 0.5) is 4.79 Å². The normalized spacial score (nSPS) is 16.4. The van der Waals surface area contributed by atoms with Crippen LogP contribution < -0.4 is 9.47 Å². The molecule has 1 aromatic rings. The van der Waals surface area contributed by atoms with Gasteiger partial charge in [0.25, 0.3) is 11.1 Å². The summed E-state index contributed by atoms with van der Waals surface area (Å²) in [6.45, 7) is 0.878. The van der Waals surface area contributed by atoms with Gasteiger partial charge in [-0.3, -0.25) is 14.5 Å². The second-order valence-electron chi connectivity index (χ2n) is 5.34. The number of carbonyl (C=O) groups is 4. The van der Waals surface area contributed by atoms with Gasteiger partial charge < -0.3 is 19.3 Å². The van der Waals surface area contributed by atoms with Crippen molar-refractivity contribution < 1.29 is 38.5 Å². The van der Waals surface area contributed by atoms with Crippen LogP contribution in [0.5, 0.6) is 11.5 Å². The molecule has 0 bridgehead atoms. The zero-order chi connectivity index (χ0) is 20.1. The van der Waals surface area contributed by atoms with Crippen molar-refractivity contribution in [2.75, 3.05) is 20.8 Å². The van der Waals surface area contributed by atoms with Crippen molar-refractivity contribution in [1.82, 2.24) is 4.90 Å². The van der Waals surface area contributed by atoms with Crippen LogP contribution >= 0.6 is 11.8 Å². The molecule has 1 fully saturated rings. The van der Waals surface area contributed by atoms with Gasteiger partial charge >= 0.3 is 11.9 Å². The maximum atomic E-state index is 12.5. The minimum Gasteiger partial charge on any atom is -0.493 e. The Balaban J connectivity index is 2.25. The Morgan fingerprint density at radius 2 is 1.96 bits per heavy atom. The highest BCUT2D eigenvalue weighted by molar-refractivity contribution is 8.18. The lowest BCUT2D eigenvalue weighted by Gasteiger charge is -2.18. The van der Waals surface area contributed by atoms with Gasteiger partial charge in [-0.05, 0) is 42.5 Å². The van der Waals surface area contributed by atoms with Crippen LogP contribution in [0.1, 0.15) is 12.5 Å². The summed E-state index contributed by atoms with van der Waals surface area (Å²) in [6, 6.07) is 3.58. The summed E-state index contributed by atoms with van der Waals surface area (Å²) in [7, 11) is 2.56. The van der Waals surface area contributed by atoms with E-state index < -0.39 is 35.7 Å². The first-order valence-corrected chi connectivity index (χ1v) is 8.47. The van der Waals surface area contributed by atoms with Crippen molar-refractivity contribution in [3.8, 4) is 11.5 Å². The monoisotopic (exact) mass is 395 g/mol. The van der Waals surface area contributed by atoms with E-state index in [-0.39, 0.29) is 16.4 Å². The van der Waals surface area contributed by atoms with Crippen LogP contribution in [0.2, 0.25) is 0 Å². The minimum absolute atomic E-state index is 0.136. The number of thioether (sulfide) groups is 1. The summed E-state index contributed by atoms with van der Waals surface area (Å²) < 4.78 is 14.8. The molecule has 9 nitrogen and oxygen atoms in total. The molecule has 1 saturated heterocycles. The molecule has 1 atom stereocenters. The average Bonchev–Trinajstić information content (AvgIpc) is 2.92. The van der Waals surface area contributed by atoms with Gasteiger partial charge in [-0.15, -0.1) is 0 Å². The number of nitrogens with zero attached hydrogens (tertiary/aromatic N) is 1. The molecule has 2 rings (SSSR count). The third-order valence-electron chi connectivity index (χ3n) is 3.59. The number of imide groups is 1. The molecule has 27 heavy (non-hydrogen) atoms. The second-order valence-corrected chi connectivity index (χ2v) is 6.34. The molecule has 1 aliphatic rings. The molecule has 0 radical (unpaired) electrons. The smallest absolute Gasteiger partial charge is 0.341 e. The summed E-state index contributed by atoms with van der Waals surface area (Å²) in [5, 5.41) is 8.11. The Hall–Kier alpha value is -3.01. The number of amides is 2. The quantitative estimate of drug-likeness (QED) is 0.544. The molecule has 0 spiro atoms. The van der Waals surface area contributed by atoms with Crippen molar-refractivity contribution in [3.63, 3.8) is 0 Å². The van der Waals surface area contributed by atoms with Gasteiger partial charge in [0.1, 0.15) is 6.04 Å². The number of esters is 1. The highest BCUT2D eigenvalue weighted by Crippen LogP contribution is 2.35. The SMILES string of the molecule is COC(=O)[C@@H](C)N1C(=O)S/C(=C/c2ccc(OCC(=O)O)c(OC)c2)C1=O. The summed E-state index contributed by atoms with van der Waals surface area (Å²) >= 11 is 0.706. The van der Waals surface area contributed by atoms with E-state index in [4.69, 9.17) is 14.6 Å². The number of hydrogen-bond donors (Lipinski definition) is 1. The van der Waals surface area contributed by atoms with Gasteiger partial charge in [0.15, 0.2) is 18.1 Å². The fourth-order valence-electron chi connectivity index (χ4n) is 2.27. The van der Waals surface area contributed by atoms with Crippen molar-refractivity contribution in [1.29, 1.82) is 0 Å². The highest BCUT2D eigenvalue weighted by Gasteiger charge is 2.41. The Morgan fingerprint density at radius 3 is 2.56 bits per heavy atom. The van der Waals surface area contributed by atoms with Crippen molar-refractivity contribution in [2.24, 2.45) is 0 Å². The predicted octanol–water partition coefficient (Wildman–Crippen LogP) is 1.76. The molecular weight excluding hydrogens is 378 g/mol. The third kappa shape index (κ3) is 4.59. The van der Waals surface area contributed by atoms with Crippen LogP contribution in [0.3, 0.4) is 0 Å². The van der Waals surface area contributed by atoms with E-state index >= 15 is 0 Å². The molecule has 1 aliphatic heterocycles. The maximum absolute atomic E-state index is 12.5. The lowest BCUT2D eigenvalue weighted by atomic mass is 10.1. The first kappa shape index (κ1) is 20.3. The Bertz CT molecular complexity index is 819. The maximum Gasteiger partial charge on any atom is 0.341 e. The van der Waals surface area contributed by atoms with Crippen molar-refractivity contribution >= 4 is 40.9 Å². The first-order valence-electron chi connectivity index (χ1n) is 7.66. The highest BCUT2D eigenvalue weighted by atomic mass is 32.2. The van der Waals surface area contributed by atoms with E-state index in [0.29, 0.717) is 17.3 Å². The molecule has 0 aliphatic carbocycles. The number of methoxy groups -OCH3 is 2. The molecule has 10 heteroatoms. The van der Waals surface area contributed by atoms with E-state index in [1.165, 1.54) is 39.4 Å². The third-order valence-corrected chi connectivity index (χ3v) is 4.47. The Labute approximate surface area is 158 Å². The van der Waals surface area contributed by atoms with Gasteiger partial charge in [-0.2, -0.15) is 0 Å². The van der Waals surface area contributed by atoms with Gasteiger partial charge in [-0.1, -0.05) is 6.07 Å². The van der Waals surface area contributed by atoms with E-state index in [0.717, 1.165) is 4.90 Å². The van der Waals surface area contributed by atoms with E-state index in [2.05, 4.69) is 4.74 Å². The number of hydrogen-bond acceptors (Lipinski definition) is 8. The average molecular weight is 395 g/mol. The minimum atomic E-state index is -1.13. The molecule has 2 amide bonds. The molecule has 1 heterocycles. The number of rotatable bonds is 7. The zero-order valence-corrected chi connectivity index (χ0v) is 15.6. The van der Waals surface area contributed by atoms with E-state index in [9.17, 15) is 19.2 Å². The topological polar surface area (TPSA) is 119 Å². The largest absolute Gasteiger partial charge is 0.493 e. The standard InChI is InChI=1S/C17H17NO8S/c1-9(16(22)25-3)18-15(21)13(27-17(18)23)7-10-4-5-11(12(6-10)24-2)26-8-14(19)20/h4-7,9H,8H2,1-3H3,(H,19,20)/b13-7+/t9-/m1/s1. The summed E-state index contributed by atoms with van der Waals surface area (Å²) in [5.74, 6) is -1.93. The van der Waals surface area contributed by atoms with Crippen LogP contribution in [0, 0.1) is 0 Å². The van der Waals surface area contributed by atoms with E-state index in [1.807, 2.05) is 0 Å². The predicted molar refractivity (Wildman–Crippen MR) is 95.4 cm³/mol. The Kier molecular flexibility index (Phi) is 6.45. The molecule has 0 saturated carbocycles. The molecule has 0 unspecified atom stereocenters. The van der Waals surface area contributed by atoms with Gasteiger partial charge in [0.05, 0.1) is 19.1 Å². The lowest BCUT2D eigenvalue weighted by molar-refractivity contribution is -0.148. The molecule has 0 aromatic heterocycles. The molecular formula is C17H17NO8S. The Morgan fingerprint density at radius 1 is 1.26 bits per heavy atom. The van der Waals surface area contributed by atoms with Crippen LogP contribution in [-0.4, -0.2) is 60.0 Å². The van der Waals surface area contributed by atoms with E-state index in [1.54, 1.807) is 6.07 Å². The number of carboxylic acid groups (broad SMARTS) is 1. The van der Waals surface area contributed by atoms with Crippen LogP contribution in [0.15, 0.2) is 23.1 Å². The lowest BCUT2D eigenvalue weighted by Crippen LogP contribution is -2.42. The number of benzene rings is 1. The molecule has 1 N–H and O–H groups in total. The zero-order valence-electron chi connectivity index (χ0n) is 14.8. The number of carbonyl (C=O) groups excluding carboxylic acids is 3. The van der Waals surface area contributed by atoms with Gasteiger partial charge in [0.2, 0.25) is 0 Å². The first-order chi connectivity index (χ1) is 12.8. The van der Waals surface area contributed by atoms with Crippen LogP contribution in [0.25, 0.3) is 6.08 Å². The molecule has 1 aromatic carbocycles. The van der Waals surface area contributed by atoms with Crippen LogP contribution in [-0.2, 0) is 19.1 Å². The fraction of sp³-hybridized carbons (Fsp3) is 0.294. The number of ether oxygens (including phenoxy) is 3. The van der Waals surface area contributed by atoms with Gasteiger partial charge in [0, 0.05) is 0 Å². The fourth-order valence-corrected chi connectivity index (χ4v) is 3.18. The second kappa shape index (κ2) is 8.58. The summed E-state index contributed by atoms with van der Waals surface area (Å²) in [6.07, 6.45) is 1.47. The van der Waals surface area contributed by atoms with Crippen molar-refractivity contribution in [2.45, 2.75) is 13.0 Å². The van der Waals surface area contributed by atoms with Crippen molar-refractivity contribution in [3.05, 3.63) is 28.7 Å². The summed E-state index contributed by atoms with van der Waals surface area (Å²) in [4.78, 5) is 47.8.